The van der Waals surface area contributed by atoms with E-state index in [0.29, 0.717) is 18.4 Å². The average Bonchev–Trinajstić information content (AvgIpc) is 2.61. The number of aromatic nitrogens is 2. The predicted octanol–water partition coefficient (Wildman–Crippen LogP) is 4.31. The summed E-state index contributed by atoms with van der Waals surface area (Å²) in [5.41, 5.74) is 1.22. The Morgan fingerprint density at radius 1 is 1.00 bits per heavy atom. The third-order valence-corrected chi connectivity index (χ3v) is 3.74. The number of anilines is 1. The predicted molar refractivity (Wildman–Crippen MR) is 89.7 cm³/mol. The quantitative estimate of drug-likeness (QED) is 0.747. The highest BCUT2D eigenvalue weighted by molar-refractivity contribution is 5.89. The van der Waals surface area contributed by atoms with Crippen LogP contribution in [0.3, 0.4) is 0 Å². The number of ether oxygens (including phenoxy) is 1. The standard InChI is InChI=1S/C18H16F3N3O/c1-25-15-9-5-2-6-12(15)10-11-22-16-13-7-3-4-8-14(13)23-17(24-16)18(19,20)21/h2-9H,10-11H2,1H3,(H,22,23,24). The molecule has 0 amide bonds. The van der Waals surface area contributed by atoms with Crippen LogP contribution in [-0.4, -0.2) is 23.6 Å². The van der Waals surface area contributed by atoms with Crippen molar-refractivity contribution < 1.29 is 17.9 Å². The molecule has 1 N–H and O–H groups in total. The number of hydrogen-bond donors (Lipinski definition) is 1. The summed E-state index contributed by atoms with van der Waals surface area (Å²) in [6.07, 6.45) is -4.01. The molecule has 0 saturated carbocycles. The first-order chi connectivity index (χ1) is 12.0. The molecule has 2 aromatic carbocycles. The number of fused-ring (bicyclic) bond motifs is 1. The lowest BCUT2D eigenvalue weighted by Gasteiger charge is -2.13. The molecule has 3 rings (SSSR count). The van der Waals surface area contributed by atoms with E-state index < -0.39 is 12.0 Å². The molecule has 0 saturated heterocycles. The van der Waals surface area contributed by atoms with Crippen molar-refractivity contribution in [1.82, 2.24) is 9.97 Å². The Bertz CT molecular complexity index is 881. The van der Waals surface area contributed by atoms with E-state index in [-0.39, 0.29) is 11.3 Å². The molecule has 0 aliphatic rings. The molecule has 0 spiro atoms. The molecular weight excluding hydrogens is 331 g/mol. The van der Waals surface area contributed by atoms with Crippen LogP contribution >= 0.6 is 0 Å². The maximum atomic E-state index is 13.0. The van der Waals surface area contributed by atoms with E-state index in [4.69, 9.17) is 4.74 Å². The van der Waals surface area contributed by atoms with E-state index in [1.165, 1.54) is 6.07 Å². The summed E-state index contributed by atoms with van der Waals surface area (Å²) in [4.78, 5) is 7.27. The van der Waals surface area contributed by atoms with Crippen LogP contribution < -0.4 is 10.1 Å². The van der Waals surface area contributed by atoms with Gasteiger partial charge in [0.2, 0.25) is 5.82 Å². The van der Waals surface area contributed by atoms with Crippen LogP contribution in [0.1, 0.15) is 11.4 Å². The van der Waals surface area contributed by atoms with E-state index in [2.05, 4.69) is 15.3 Å². The fraction of sp³-hybridized carbons (Fsp3) is 0.222. The zero-order valence-corrected chi connectivity index (χ0v) is 13.5. The summed E-state index contributed by atoms with van der Waals surface area (Å²) in [5, 5.41) is 3.54. The van der Waals surface area contributed by atoms with Crippen molar-refractivity contribution in [3.05, 3.63) is 59.9 Å². The highest BCUT2D eigenvalue weighted by atomic mass is 19.4. The van der Waals surface area contributed by atoms with Crippen molar-refractivity contribution in [2.75, 3.05) is 19.0 Å². The molecule has 3 aromatic rings. The number of alkyl halides is 3. The van der Waals surface area contributed by atoms with Crippen LogP contribution in [0.4, 0.5) is 19.0 Å². The highest BCUT2D eigenvalue weighted by Crippen LogP contribution is 2.30. The van der Waals surface area contributed by atoms with Gasteiger partial charge >= 0.3 is 6.18 Å². The third-order valence-electron chi connectivity index (χ3n) is 3.74. The second-order valence-electron chi connectivity index (χ2n) is 5.40. The number of methoxy groups -OCH3 is 1. The molecule has 0 radical (unpaired) electrons. The topological polar surface area (TPSA) is 47.0 Å². The summed E-state index contributed by atoms with van der Waals surface area (Å²) in [6, 6.07) is 14.1. The van der Waals surface area contributed by atoms with Crippen LogP contribution in [0.5, 0.6) is 5.75 Å². The number of rotatable bonds is 5. The molecule has 0 aliphatic heterocycles. The largest absolute Gasteiger partial charge is 0.496 e. The third kappa shape index (κ3) is 3.81. The van der Waals surface area contributed by atoms with Crippen molar-refractivity contribution in [2.24, 2.45) is 0 Å². The minimum atomic E-state index is -4.59. The second kappa shape index (κ2) is 6.96. The van der Waals surface area contributed by atoms with Crippen LogP contribution in [0.25, 0.3) is 10.9 Å². The number of para-hydroxylation sites is 2. The molecule has 1 aromatic heterocycles. The fourth-order valence-corrected chi connectivity index (χ4v) is 2.56. The summed E-state index contributed by atoms with van der Waals surface area (Å²) in [7, 11) is 1.58. The molecule has 0 atom stereocenters. The maximum Gasteiger partial charge on any atom is 0.451 e. The smallest absolute Gasteiger partial charge is 0.451 e. The molecule has 25 heavy (non-hydrogen) atoms. The Morgan fingerprint density at radius 3 is 2.48 bits per heavy atom. The van der Waals surface area contributed by atoms with E-state index in [0.717, 1.165) is 11.3 Å². The number of hydrogen-bond acceptors (Lipinski definition) is 4. The van der Waals surface area contributed by atoms with Gasteiger partial charge in [0.1, 0.15) is 11.6 Å². The Kier molecular flexibility index (Phi) is 4.74. The van der Waals surface area contributed by atoms with Gasteiger partial charge in [-0.05, 0) is 30.2 Å². The first kappa shape index (κ1) is 17.0. The van der Waals surface area contributed by atoms with Crippen LogP contribution in [0, 0.1) is 0 Å². The molecular formula is C18H16F3N3O. The van der Waals surface area contributed by atoms with Gasteiger partial charge in [0.25, 0.3) is 0 Å². The molecule has 1 heterocycles. The van der Waals surface area contributed by atoms with Crippen LogP contribution in [-0.2, 0) is 12.6 Å². The zero-order valence-electron chi connectivity index (χ0n) is 13.5. The molecule has 130 valence electrons. The van der Waals surface area contributed by atoms with Gasteiger partial charge in [0, 0.05) is 11.9 Å². The summed E-state index contributed by atoms with van der Waals surface area (Å²) < 4.78 is 44.3. The average molecular weight is 347 g/mol. The van der Waals surface area contributed by atoms with Crippen molar-refractivity contribution >= 4 is 16.7 Å². The van der Waals surface area contributed by atoms with Gasteiger partial charge in [-0.1, -0.05) is 30.3 Å². The van der Waals surface area contributed by atoms with Crippen LogP contribution in [0.2, 0.25) is 0 Å². The molecule has 7 heteroatoms. The van der Waals surface area contributed by atoms with Gasteiger partial charge in [-0.2, -0.15) is 13.2 Å². The summed E-state index contributed by atoms with van der Waals surface area (Å²) in [6.45, 7) is 0.415. The monoisotopic (exact) mass is 347 g/mol. The normalized spacial score (nSPS) is 11.5. The van der Waals surface area contributed by atoms with Gasteiger partial charge in [-0.25, -0.2) is 9.97 Å². The minimum Gasteiger partial charge on any atom is -0.496 e. The van der Waals surface area contributed by atoms with Crippen molar-refractivity contribution in [3.63, 3.8) is 0 Å². The Hall–Kier alpha value is -2.83. The van der Waals surface area contributed by atoms with Gasteiger partial charge in [0.05, 0.1) is 12.6 Å². The van der Waals surface area contributed by atoms with Crippen LogP contribution in [0.15, 0.2) is 48.5 Å². The molecule has 0 unspecified atom stereocenters. The lowest BCUT2D eigenvalue weighted by Crippen LogP contribution is -2.15. The molecule has 4 nitrogen and oxygen atoms in total. The fourth-order valence-electron chi connectivity index (χ4n) is 2.56. The number of nitrogens with zero attached hydrogens (tertiary/aromatic N) is 2. The lowest BCUT2D eigenvalue weighted by atomic mass is 10.1. The second-order valence-corrected chi connectivity index (χ2v) is 5.40. The van der Waals surface area contributed by atoms with Gasteiger partial charge in [-0.3, -0.25) is 0 Å². The van der Waals surface area contributed by atoms with Crippen molar-refractivity contribution in [1.29, 1.82) is 0 Å². The van der Waals surface area contributed by atoms with E-state index in [1.54, 1.807) is 25.3 Å². The molecule has 0 aliphatic carbocycles. The van der Waals surface area contributed by atoms with E-state index in [1.807, 2.05) is 24.3 Å². The Balaban J connectivity index is 1.85. The first-order valence-electron chi connectivity index (χ1n) is 7.69. The van der Waals surface area contributed by atoms with Crippen molar-refractivity contribution in [2.45, 2.75) is 12.6 Å². The van der Waals surface area contributed by atoms with Gasteiger partial charge < -0.3 is 10.1 Å². The molecule has 0 bridgehead atoms. The number of benzene rings is 2. The van der Waals surface area contributed by atoms with Crippen molar-refractivity contribution in [3.8, 4) is 5.75 Å². The Morgan fingerprint density at radius 2 is 1.72 bits per heavy atom. The highest BCUT2D eigenvalue weighted by Gasteiger charge is 2.35. The zero-order chi connectivity index (χ0) is 17.9. The van der Waals surface area contributed by atoms with E-state index in [9.17, 15) is 13.2 Å². The Labute approximate surface area is 142 Å². The SMILES string of the molecule is COc1ccccc1CCNc1nc(C(F)(F)F)nc2ccccc12. The van der Waals surface area contributed by atoms with Gasteiger partial charge in [-0.15, -0.1) is 0 Å². The maximum absolute atomic E-state index is 13.0. The summed E-state index contributed by atoms with van der Waals surface area (Å²) in [5.74, 6) is -0.230. The van der Waals surface area contributed by atoms with Gasteiger partial charge in [0.15, 0.2) is 0 Å². The lowest BCUT2D eigenvalue weighted by molar-refractivity contribution is -0.144. The summed E-state index contributed by atoms with van der Waals surface area (Å²) >= 11 is 0. The number of halogens is 3. The number of nitrogens with one attached hydrogen (secondary N) is 1. The first-order valence-corrected chi connectivity index (χ1v) is 7.69. The minimum absolute atomic E-state index is 0.174. The van der Waals surface area contributed by atoms with E-state index >= 15 is 0 Å². The molecule has 0 fully saturated rings.